The van der Waals surface area contributed by atoms with Crippen LogP contribution in [0.25, 0.3) is 10.2 Å². The molecule has 3 rings (SSSR count). The summed E-state index contributed by atoms with van der Waals surface area (Å²) in [6.45, 7) is 7.62. The SMILES string of the molecule is CCOC(=O)N1CCN(C(=O)Cn2cnc3sc(C)c(C)c3c2=O)CC1. The van der Waals surface area contributed by atoms with E-state index in [9.17, 15) is 14.4 Å². The molecule has 1 aliphatic heterocycles. The molecule has 8 nitrogen and oxygen atoms in total. The van der Waals surface area contributed by atoms with Crippen LogP contribution in [-0.4, -0.2) is 64.1 Å². The Morgan fingerprint density at radius 2 is 1.85 bits per heavy atom. The summed E-state index contributed by atoms with van der Waals surface area (Å²) in [5.74, 6) is -0.152. The quantitative estimate of drug-likeness (QED) is 0.805. The lowest BCUT2D eigenvalue weighted by atomic mass is 10.2. The molecule has 1 aliphatic rings. The zero-order valence-corrected chi connectivity index (χ0v) is 16.0. The van der Waals surface area contributed by atoms with E-state index in [0.29, 0.717) is 43.0 Å². The van der Waals surface area contributed by atoms with Gasteiger partial charge in [0.15, 0.2) is 0 Å². The van der Waals surface area contributed by atoms with E-state index in [1.165, 1.54) is 22.2 Å². The number of hydrogen-bond donors (Lipinski definition) is 0. The largest absolute Gasteiger partial charge is 0.450 e. The summed E-state index contributed by atoms with van der Waals surface area (Å²) in [7, 11) is 0. The molecule has 0 bridgehead atoms. The van der Waals surface area contributed by atoms with Gasteiger partial charge in [-0.05, 0) is 26.3 Å². The molecule has 0 saturated carbocycles. The fourth-order valence-electron chi connectivity index (χ4n) is 2.98. The molecule has 9 heteroatoms. The molecular weight excluding hydrogens is 356 g/mol. The minimum atomic E-state index is -0.353. The van der Waals surface area contributed by atoms with Crippen LogP contribution < -0.4 is 5.56 Å². The smallest absolute Gasteiger partial charge is 0.409 e. The number of carbonyl (C=O) groups is 2. The van der Waals surface area contributed by atoms with Crippen molar-refractivity contribution in [2.75, 3.05) is 32.8 Å². The van der Waals surface area contributed by atoms with Crippen LogP contribution in [0.4, 0.5) is 4.79 Å². The van der Waals surface area contributed by atoms with Crippen molar-refractivity contribution < 1.29 is 14.3 Å². The van der Waals surface area contributed by atoms with Crippen LogP contribution in [0.1, 0.15) is 17.4 Å². The van der Waals surface area contributed by atoms with Gasteiger partial charge >= 0.3 is 6.09 Å². The molecule has 0 aliphatic carbocycles. The molecule has 1 fully saturated rings. The molecule has 1 saturated heterocycles. The Balaban J connectivity index is 1.69. The van der Waals surface area contributed by atoms with Gasteiger partial charge in [0.2, 0.25) is 5.91 Å². The number of thiophene rings is 1. The summed E-state index contributed by atoms with van der Waals surface area (Å²) >= 11 is 1.49. The average Bonchev–Trinajstić information content (AvgIpc) is 2.92. The topological polar surface area (TPSA) is 84.7 Å². The van der Waals surface area contributed by atoms with Crippen LogP contribution in [0.15, 0.2) is 11.1 Å². The molecule has 0 atom stereocenters. The molecule has 2 aromatic heterocycles. The lowest BCUT2D eigenvalue weighted by Crippen LogP contribution is -2.51. The maximum Gasteiger partial charge on any atom is 0.409 e. The van der Waals surface area contributed by atoms with Crippen molar-refractivity contribution in [3.8, 4) is 0 Å². The second-order valence-corrected chi connectivity index (χ2v) is 7.41. The van der Waals surface area contributed by atoms with E-state index in [0.717, 1.165) is 10.4 Å². The van der Waals surface area contributed by atoms with Crippen LogP contribution in [0.3, 0.4) is 0 Å². The summed E-state index contributed by atoms with van der Waals surface area (Å²) in [4.78, 5) is 46.3. The molecule has 0 radical (unpaired) electrons. The summed E-state index contributed by atoms with van der Waals surface area (Å²) in [6, 6.07) is 0. The number of aryl methyl sites for hydroxylation is 2. The fraction of sp³-hybridized carbons (Fsp3) is 0.529. The first kappa shape index (κ1) is 18.4. The van der Waals surface area contributed by atoms with Gasteiger partial charge in [0.25, 0.3) is 5.56 Å². The van der Waals surface area contributed by atoms with Gasteiger partial charge in [-0.3, -0.25) is 14.2 Å². The van der Waals surface area contributed by atoms with Crippen LogP contribution in [-0.2, 0) is 16.1 Å². The van der Waals surface area contributed by atoms with Gasteiger partial charge in [-0.2, -0.15) is 0 Å². The van der Waals surface area contributed by atoms with Gasteiger partial charge in [-0.1, -0.05) is 0 Å². The summed E-state index contributed by atoms with van der Waals surface area (Å²) in [6.07, 6.45) is 1.08. The molecule has 3 heterocycles. The minimum absolute atomic E-state index is 0.0461. The number of hydrogen-bond acceptors (Lipinski definition) is 6. The number of rotatable bonds is 3. The van der Waals surface area contributed by atoms with Gasteiger partial charge in [0.1, 0.15) is 11.4 Å². The highest BCUT2D eigenvalue weighted by atomic mass is 32.1. The zero-order chi connectivity index (χ0) is 18.8. The fourth-order valence-corrected chi connectivity index (χ4v) is 3.97. The number of nitrogens with zero attached hydrogens (tertiary/aromatic N) is 4. The van der Waals surface area contributed by atoms with E-state index < -0.39 is 0 Å². The molecule has 140 valence electrons. The van der Waals surface area contributed by atoms with E-state index in [1.54, 1.807) is 16.7 Å². The summed E-state index contributed by atoms with van der Waals surface area (Å²) < 4.78 is 6.34. The highest BCUT2D eigenvalue weighted by Gasteiger charge is 2.25. The normalized spacial score (nSPS) is 14.7. The summed E-state index contributed by atoms with van der Waals surface area (Å²) in [5, 5.41) is 0.593. The van der Waals surface area contributed by atoms with Crippen molar-refractivity contribution in [1.82, 2.24) is 19.4 Å². The van der Waals surface area contributed by atoms with Crippen molar-refractivity contribution >= 4 is 33.6 Å². The maximum absolute atomic E-state index is 12.7. The first-order valence-corrected chi connectivity index (χ1v) is 9.38. The molecule has 0 spiro atoms. The molecule has 0 aromatic carbocycles. The second-order valence-electron chi connectivity index (χ2n) is 6.21. The predicted molar refractivity (Wildman–Crippen MR) is 98.5 cm³/mol. The Morgan fingerprint density at radius 3 is 2.50 bits per heavy atom. The predicted octanol–water partition coefficient (Wildman–Crippen LogP) is 1.38. The van der Waals surface area contributed by atoms with E-state index >= 15 is 0 Å². The number of fused-ring (bicyclic) bond motifs is 1. The second kappa shape index (κ2) is 7.45. The Labute approximate surface area is 155 Å². The first-order chi connectivity index (χ1) is 12.4. The number of ether oxygens (including phenoxy) is 1. The maximum atomic E-state index is 12.7. The Morgan fingerprint density at radius 1 is 1.19 bits per heavy atom. The van der Waals surface area contributed by atoms with E-state index in [1.807, 2.05) is 13.8 Å². The molecule has 0 unspecified atom stereocenters. The third-order valence-electron chi connectivity index (χ3n) is 4.62. The Hall–Kier alpha value is -2.42. The standard InChI is InChI=1S/C17H22N4O4S/c1-4-25-17(24)20-7-5-19(6-8-20)13(22)9-21-10-18-15-14(16(21)23)11(2)12(3)26-15/h10H,4-9H2,1-3H3. The number of amides is 2. The van der Waals surface area contributed by atoms with Gasteiger partial charge in [-0.15, -0.1) is 11.3 Å². The lowest BCUT2D eigenvalue weighted by molar-refractivity contribution is -0.133. The Kier molecular flexibility index (Phi) is 5.26. The van der Waals surface area contributed by atoms with Gasteiger partial charge in [0, 0.05) is 31.1 Å². The van der Waals surface area contributed by atoms with Gasteiger partial charge in [0.05, 0.1) is 18.3 Å². The highest BCUT2D eigenvalue weighted by Crippen LogP contribution is 2.25. The molecular formula is C17H22N4O4S. The van der Waals surface area contributed by atoms with E-state index in [2.05, 4.69) is 4.98 Å². The zero-order valence-electron chi connectivity index (χ0n) is 15.2. The van der Waals surface area contributed by atoms with Crippen LogP contribution in [0, 0.1) is 13.8 Å². The average molecular weight is 378 g/mol. The monoisotopic (exact) mass is 378 g/mol. The third kappa shape index (κ3) is 3.44. The van der Waals surface area contributed by atoms with E-state index in [-0.39, 0.29) is 24.1 Å². The van der Waals surface area contributed by atoms with Crippen LogP contribution in [0.2, 0.25) is 0 Å². The van der Waals surface area contributed by atoms with Gasteiger partial charge < -0.3 is 14.5 Å². The number of aromatic nitrogens is 2. The van der Waals surface area contributed by atoms with Gasteiger partial charge in [-0.25, -0.2) is 9.78 Å². The van der Waals surface area contributed by atoms with Crippen molar-refractivity contribution in [2.24, 2.45) is 0 Å². The summed E-state index contributed by atoms with van der Waals surface area (Å²) in [5.41, 5.74) is 0.739. The van der Waals surface area contributed by atoms with Crippen molar-refractivity contribution in [3.63, 3.8) is 0 Å². The number of carbonyl (C=O) groups excluding carboxylic acids is 2. The van der Waals surface area contributed by atoms with Crippen LogP contribution >= 0.6 is 11.3 Å². The molecule has 26 heavy (non-hydrogen) atoms. The molecule has 2 aromatic rings. The van der Waals surface area contributed by atoms with Crippen molar-refractivity contribution in [3.05, 3.63) is 27.1 Å². The van der Waals surface area contributed by atoms with E-state index in [4.69, 9.17) is 4.74 Å². The van der Waals surface area contributed by atoms with Crippen molar-refractivity contribution in [1.29, 1.82) is 0 Å². The van der Waals surface area contributed by atoms with Crippen molar-refractivity contribution in [2.45, 2.75) is 27.3 Å². The number of piperazine rings is 1. The lowest BCUT2D eigenvalue weighted by Gasteiger charge is -2.34. The molecule has 0 N–H and O–H groups in total. The van der Waals surface area contributed by atoms with Crippen LogP contribution in [0.5, 0.6) is 0 Å². The highest BCUT2D eigenvalue weighted by molar-refractivity contribution is 7.18. The Bertz CT molecular complexity index is 896. The third-order valence-corrected chi connectivity index (χ3v) is 5.74. The minimum Gasteiger partial charge on any atom is -0.450 e. The molecule has 2 amide bonds. The first-order valence-electron chi connectivity index (χ1n) is 8.57.